The smallest absolute Gasteiger partial charge is 0.197 e. The number of benzene rings is 3. The molecule has 0 aliphatic carbocycles. The highest BCUT2D eigenvalue weighted by Crippen LogP contribution is 2.37. The third-order valence-electron chi connectivity index (χ3n) is 5.92. The molecule has 0 unspecified atom stereocenters. The second-order valence-corrected chi connectivity index (χ2v) is 8.34. The Morgan fingerprint density at radius 3 is 2.26 bits per heavy atom. The van der Waals surface area contributed by atoms with E-state index in [2.05, 4.69) is 18.7 Å². The Balaban J connectivity index is 1.66. The third-order valence-corrected chi connectivity index (χ3v) is 6.15. The van der Waals surface area contributed by atoms with Gasteiger partial charge in [-0.2, -0.15) is 0 Å². The molecular weight excluding hydrogens is 450 g/mol. The quantitative estimate of drug-likeness (QED) is 0.237. The molecule has 0 aliphatic heterocycles. The van der Waals surface area contributed by atoms with E-state index in [9.17, 15) is 4.79 Å². The zero-order valence-electron chi connectivity index (χ0n) is 19.6. The number of rotatable bonds is 10. The van der Waals surface area contributed by atoms with Crippen LogP contribution in [0.3, 0.4) is 0 Å². The number of carbonyl (C=O) groups is 1. The van der Waals surface area contributed by atoms with Gasteiger partial charge in [-0.25, -0.2) is 0 Å². The molecule has 0 radical (unpaired) electrons. The van der Waals surface area contributed by atoms with Crippen molar-refractivity contribution in [3.63, 3.8) is 0 Å². The van der Waals surface area contributed by atoms with Crippen molar-refractivity contribution in [3.8, 4) is 22.8 Å². The highest BCUT2D eigenvalue weighted by Gasteiger charge is 2.23. The monoisotopic (exact) mass is 477 g/mol. The van der Waals surface area contributed by atoms with Gasteiger partial charge in [0.15, 0.2) is 5.78 Å². The van der Waals surface area contributed by atoms with Crippen LogP contribution in [0.25, 0.3) is 22.3 Å². The minimum absolute atomic E-state index is 0.141. The number of ketones is 1. The van der Waals surface area contributed by atoms with Crippen LogP contribution >= 0.6 is 11.6 Å². The molecule has 0 fully saturated rings. The van der Waals surface area contributed by atoms with Crippen molar-refractivity contribution < 1.29 is 18.7 Å². The molecule has 34 heavy (non-hydrogen) atoms. The lowest BCUT2D eigenvalue weighted by Crippen LogP contribution is -2.27. The van der Waals surface area contributed by atoms with Crippen LogP contribution in [-0.4, -0.2) is 44.0 Å². The van der Waals surface area contributed by atoms with Crippen LogP contribution < -0.4 is 9.47 Å². The van der Waals surface area contributed by atoms with E-state index in [1.54, 1.807) is 49.6 Å². The lowest BCUT2D eigenvalue weighted by atomic mass is 9.97. The predicted octanol–water partition coefficient (Wildman–Crippen LogP) is 6.71. The molecule has 0 saturated heterocycles. The molecule has 0 saturated carbocycles. The Labute approximate surface area is 204 Å². The number of ether oxygens (including phenoxy) is 2. The Kier molecular flexibility index (Phi) is 7.56. The van der Waals surface area contributed by atoms with Gasteiger partial charge in [0.05, 0.1) is 12.7 Å². The molecule has 0 N–H and O–H groups in total. The van der Waals surface area contributed by atoms with Crippen molar-refractivity contribution in [1.82, 2.24) is 4.90 Å². The van der Waals surface area contributed by atoms with E-state index in [0.717, 1.165) is 30.9 Å². The fourth-order valence-electron chi connectivity index (χ4n) is 3.92. The number of nitrogens with zero attached hydrogens (tertiary/aromatic N) is 1. The lowest BCUT2D eigenvalue weighted by Gasteiger charge is -2.18. The van der Waals surface area contributed by atoms with Crippen molar-refractivity contribution in [2.24, 2.45) is 0 Å². The van der Waals surface area contributed by atoms with Gasteiger partial charge in [0.25, 0.3) is 0 Å². The Morgan fingerprint density at radius 2 is 1.62 bits per heavy atom. The van der Waals surface area contributed by atoms with Crippen LogP contribution in [0.4, 0.5) is 0 Å². The maximum absolute atomic E-state index is 13.6. The number of methoxy groups -OCH3 is 1. The van der Waals surface area contributed by atoms with Gasteiger partial charge >= 0.3 is 0 Å². The average Bonchev–Trinajstić information content (AvgIpc) is 3.25. The van der Waals surface area contributed by atoms with Crippen molar-refractivity contribution in [1.29, 1.82) is 0 Å². The number of fused-ring (bicyclic) bond motifs is 1. The van der Waals surface area contributed by atoms with Gasteiger partial charge in [0.2, 0.25) is 0 Å². The molecule has 3 aromatic carbocycles. The number of carbonyl (C=O) groups excluding carboxylic acids is 1. The minimum atomic E-state index is -0.141. The van der Waals surface area contributed by atoms with Crippen LogP contribution in [0.15, 0.2) is 71.1 Å². The van der Waals surface area contributed by atoms with Crippen molar-refractivity contribution in [2.45, 2.75) is 13.8 Å². The first-order valence-corrected chi connectivity index (χ1v) is 11.8. The molecule has 0 amide bonds. The van der Waals surface area contributed by atoms with Crippen LogP contribution in [0.2, 0.25) is 5.02 Å². The first kappa shape index (κ1) is 23.9. The molecule has 6 heteroatoms. The van der Waals surface area contributed by atoms with Crippen LogP contribution in [0, 0.1) is 0 Å². The summed E-state index contributed by atoms with van der Waals surface area (Å²) in [6.45, 7) is 7.78. The van der Waals surface area contributed by atoms with E-state index in [0.29, 0.717) is 45.2 Å². The molecule has 1 aromatic heterocycles. The van der Waals surface area contributed by atoms with Gasteiger partial charge in [-0.05, 0) is 79.8 Å². The molecule has 0 spiro atoms. The zero-order chi connectivity index (χ0) is 24.1. The number of hydrogen-bond acceptors (Lipinski definition) is 5. The second-order valence-electron chi connectivity index (χ2n) is 7.90. The van der Waals surface area contributed by atoms with Crippen molar-refractivity contribution >= 4 is 28.4 Å². The van der Waals surface area contributed by atoms with E-state index < -0.39 is 0 Å². The van der Waals surface area contributed by atoms with Crippen molar-refractivity contribution in [2.75, 3.05) is 33.4 Å². The summed E-state index contributed by atoms with van der Waals surface area (Å²) in [6, 6.07) is 20.0. The van der Waals surface area contributed by atoms with Gasteiger partial charge in [0, 0.05) is 28.1 Å². The first-order chi connectivity index (χ1) is 16.5. The molecular formula is C28H28ClNO4. The van der Waals surface area contributed by atoms with E-state index >= 15 is 0 Å². The largest absolute Gasteiger partial charge is 0.497 e. The van der Waals surface area contributed by atoms with Gasteiger partial charge in [-0.3, -0.25) is 4.79 Å². The minimum Gasteiger partial charge on any atom is -0.497 e. The number of likely N-dealkylation sites (N-methyl/N-ethyl adjacent to an activating group) is 1. The molecule has 4 rings (SSSR count). The summed E-state index contributed by atoms with van der Waals surface area (Å²) in [5, 5.41) is 1.23. The molecule has 1 heterocycles. The zero-order valence-corrected chi connectivity index (χ0v) is 20.4. The summed E-state index contributed by atoms with van der Waals surface area (Å²) in [7, 11) is 1.59. The fourth-order valence-corrected chi connectivity index (χ4v) is 4.09. The SMILES string of the molecule is CCN(CC)CCOc1ccc(-c2oc3ccc(Cl)cc3c2C(=O)c2ccc(OC)cc2)cc1. The maximum Gasteiger partial charge on any atom is 0.197 e. The lowest BCUT2D eigenvalue weighted by molar-refractivity contribution is 0.104. The van der Waals surface area contributed by atoms with Crippen molar-refractivity contribution in [3.05, 3.63) is 82.9 Å². The summed E-state index contributed by atoms with van der Waals surface area (Å²) in [5.74, 6) is 1.83. The van der Waals surface area contributed by atoms with Gasteiger partial charge in [-0.1, -0.05) is 25.4 Å². The van der Waals surface area contributed by atoms with Gasteiger partial charge in [-0.15, -0.1) is 0 Å². The highest BCUT2D eigenvalue weighted by molar-refractivity contribution is 6.32. The topological polar surface area (TPSA) is 51.9 Å². The maximum atomic E-state index is 13.6. The molecule has 4 aromatic rings. The Morgan fingerprint density at radius 1 is 0.941 bits per heavy atom. The van der Waals surface area contributed by atoms with Crippen LogP contribution in [0.5, 0.6) is 11.5 Å². The van der Waals surface area contributed by atoms with E-state index in [1.165, 1.54) is 0 Å². The molecule has 176 valence electrons. The number of furan rings is 1. The average molecular weight is 478 g/mol. The molecule has 0 atom stereocenters. The van der Waals surface area contributed by atoms with E-state index in [-0.39, 0.29) is 5.78 Å². The molecule has 0 bridgehead atoms. The van der Waals surface area contributed by atoms with Gasteiger partial charge < -0.3 is 18.8 Å². The normalized spacial score (nSPS) is 11.2. The Hall–Kier alpha value is -3.28. The van der Waals surface area contributed by atoms with Crippen LogP contribution in [-0.2, 0) is 0 Å². The summed E-state index contributed by atoms with van der Waals surface area (Å²) >= 11 is 6.26. The summed E-state index contributed by atoms with van der Waals surface area (Å²) in [5.41, 5.74) is 2.43. The summed E-state index contributed by atoms with van der Waals surface area (Å²) in [4.78, 5) is 15.9. The fraction of sp³-hybridized carbons (Fsp3) is 0.250. The Bertz CT molecular complexity index is 1260. The second kappa shape index (κ2) is 10.8. The van der Waals surface area contributed by atoms with E-state index in [1.807, 2.05) is 24.3 Å². The first-order valence-electron chi connectivity index (χ1n) is 11.4. The summed E-state index contributed by atoms with van der Waals surface area (Å²) < 4.78 is 17.3. The standard InChI is InChI=1S/C28H28ClNO4/c1-4-30(5-2)16-17-33-23-13-8-20(9-14-23)28-26(24-18-21(29)10-15-25(24)34-28)27(31)19-6-11-22(32-3)12-7-19/h6-15,18H,4-5,16-17H2,1-3H3. The molecule has 0 aliphatic rings. The third kappa shape index (κ3) is 5.11. The number of hydrogen-bond donors (Lipinski definition) is 0. The predicted molar refractivity (Wildman–Crippen MR) is 136 cm³/mol. The molecule has 5 nitrogen and oxygen atoms in total. The number of halogens is 1. The van der Waals surface area contributed by atoms with E-state index in [4.69, 9.17) is 25.5 Å². The van der Waals surface area contributed by atoms with Crippen LogP contribution in [0.1, 0.15) is 29.8 Å². The summed E-state index contributed by atoms with van der Waals surface area (Å²) in [6.07, 6.45) is 0. The highest BCUT2D eigenvalue weighted by atomic mass is 35.5. The van der Waals surface area contributed by atoms with Gasteiger partial charge in [0.1, 0.15) is 29.4 Å².